The van der Waals surface area contributed by atoms with Crippen LogP contribution in [0.3, 0.4) is 0 Å². The molecular weight excluding hydrogens is 232 g/mol. The normalized spacial score (nSPS) is 10.9. The Morgan fingerprint density at radius 1 is 1.44 bits per heavy atom. The Hall–Kier alpha value is -1.74. The van der Waals surface area contributed by atoms with E-state index in [1.165, 1.54) is 6.92 Å². The first-order valence-corrected chi connectivity index (χ1v) is 6.06. The fourth-order valence-corrected chi connectivity index (χ4v) is 0.749. The van der Waals surface area contributed by atoms with Crippen molar-refractivity contribution in [3.8, 4) is 0 Å². The fourth-order valence-electron chi connectivity index (χ4n) is 0.749. The molecule has 0 aliphatic carbocycles. The molecule has 8 nitrogen and oxygen atoms in total. The van der Waals surface area contributed by atoms with Crippen LogP contribution in [0, 0.1) is 0 Å². The van der Waals surface area contributed by atoms with Crippen molar-refractivity contribution in [1.82, 2.24) is 19.9 Å². The van der Waals surface area contributed by atoms with Crippen molar-refractivity contribution in [2.75, 3.05) is 11.5 Å². The monoisotopic (exact) mass is 244 g/mol. The third-order valence-electron chi connectivity index (χ3n) is 1.60. The van der Waals surface area contributed by atoms with Gasteiger partial charge in [0.25, 0.3) is 0 Å². The van der Waals surface area contributed by atoms with Crippen molar-refractivity contribution >= 4 is 27.1 Å². The van der Waals surface area contributed by atoms with Crippen molar-refractivity contribution in [3.63, 3.8) is 0 Å². The van der Waals surface area contributed by atoms with Gasteiger partial charge >= 0.3 is 0 Å². The molecule has 2 aromatic heterocycles. The number of imidazole rings is 1. The first kappa shape index (κ1) is 12.3. The smallest absolute Gasteiger partial charge is 0.222 e. The van der Waals surface area contributed by atoms with Crippen LogP contribution in [0.5, 0.6) is 0 Å². The maximum absolute atomic E-state index is 9.78. The van der Waals surface area contributed by atoms with Gasteiger partial charge in [-0.1, -0.05) is 0 Å². The number of anilines is 1. The molecule has 9 heteroatoms. The third-order valence-corrected chi connectivity index (χ3v) is 2.40. The highest BCUT2D eigenvalue weighted by Gasteiger charge is 1.96. The lowest BCUT2D eigenvalue weighted by Crippen LogP contribution is -2.13. The van der Waals surface area contributed by atoms with Crippen LogP contribution in [0.4, 0.5) is 5.95 Å². The van der Waals surface area contributed by atoms with Crippen LogP contribution < -0.4 is 10.9 Å². The minimum Gasteiger partial charge on any atom is -0.368 e. The Balaban J connectivity index is 0.000000187. The van der Waals surface area contributed by atoms with E-state index in [2.05, 4.69) is 25.1 Å². The van der Waals surface area contributed by atoms with Gasteiger partial charge < -0.3 is 10.7 Å². The number of nitrogen functional groups attached to an aromatic ring is 1. The van der Waals surface area contributed by atoms with Gasteiger partial charge in [0, 0.05) is 0 Å². The van der Waals surface area contributed by atoms with Crippen molar-refractivity contribution < 1.29 is 8.42 Å². The molecule has 2 heterocycles. The molecule has 88 valence electrons. The topological polar surface area (TPSA) is 141 Å². The second kappa shape index (κ2) is 4.86. The molecule has 0 atom stereocenters. The van der Waals surface area contributed by atoms with Crippen LogP contribution in [0.1, 0.15) is 6.92 Å². The highest BCUT2D eigenvalue weighted by atomic mass is 32.2. The molecule has 2 rings (SSSR count). The number of aromatic nitrogens is 4. The van der Waals surface area contributed by atoms with Crippen molar-refractivity contribution in [2.45, 2.75) is 6.92 Å². The van der Waals surface area contributed by atoms with Crippen molar-refractivity contribution in [1.29, 1.82) is 0 Å². The van der Waals surface area contributed by atoms with Gasteiger partial charge in [-0.25, -0.2) is 23.5 Å². The summed E-state index contributed by atoms with van der Waals surface area (Å²) in [7, 11) is -3.16. The Bertz CT molecular complexity index is 563. The quantitative estimate of drug-likeness (QED) is 0.601. The molecular formula is C7H12N6O2S. The lowest BCUT2D eigenvalue weighted by molar-refractivity contribution is 0.599. The number of nitrogens with zero attached hydrogens (tertiary/aromatic N) is 3. The molecule has 0 bridgehead atoms. The summed E-state index contributed by atoms with van der Waals surface area (Å²) in [4.78, 5) is 14.4. The summed E-state index contributed by atoms with van der Waals surface area (Å²) >= 11 is 0. The number of sulfonamides is 1. The molecule has 0 unspecified atom stereocenters. The van der Waals surface area contributed by atoms with E-state index >= 15 is 0 Å². The Labute approximate surface area is 92.2 Å². The van der Waals surface area contributed by atoms with Crippen LogP contribution in [-0.4, -0.2) is 34.1 Å². The fraction of sp³-hybridized carbons (Fsp3) is 0.286. The molecule has 0 saturated carbocycles. The summed E-state index contributed by atoms with van der Waals surface area (Å²) < 4.78 is 19.6. The van der Waals surface area contributed by atoms with Gasteiger partial charge in [-0.15, -0.1) is 0 Å². The van der Waals surface area contributed by atoms with E-state index < -0.39 is 10.0 Å². The van der Waals surface area contributed by atoms with Crippen molar-refractivity contribution in [2.24, 2.45) is 5.14 Å². The number of aromatic amines is 1. The van der Waals surface area contributed by atoms with Crippen LogP contribution in [0.2, 0.25) is 0 Å². The molecule has 0 saturated heterocycles. The standard InChI is InChI=1S/C5H5N5.C2H7NO2S/c6-5-7-1-3-4(10-5)9-2-8-3;1-2-6(3,4)5/h1-2H,(H3,6,7,8,9,10);2H2,1H3,(H2,3,4,5). The number of H-pyrrole nitrogens is 1. The van der Waals surface area contributed by atoms with E-state index in [4.69, 9.17) is 5.73 Å². The highest BCUT2D eigenvalue weighted by molar-refractivity contribution is 7.89. The highest BCUT2D eigenvalue weighted by Crippen LogP contribution is 2.03. The summed E-state index contributed by atoms with van der Waals surface area (Å²) in [5.41, 5.74) is 6.71. The predicted molar refractivity (Wildman–Crippen MR) is 59.7 cm³/mol. The lowest BCUT2D eigenvalue weighted by Gasteiger charge is -1.87. The summed E-state index contributed by atoms with van der Waals surface area (Å²) in [5, 5.41) is 4.51. The first-order valence-electron chi connectivity index (χ1n) is 4.34. The third kappa shape index (κ3) is 3.79. The molecule has 0 aliphatic rings. The zero-order chi connectivity index (χ0) is 12.2. The summed E-state index contributed by atoms with van der Waals surface area (Å²) in [5.74, 6) is 0.270. The maximum Gasteiger partial charge on any atom is 0.222 e. The minimum absolute atomic E-state index is 0.0208. The molecule has 5 N–H and O–H groups in total. The van der Waals surface area contributed by atoms with E-state index in [-0.39, 0.29) is 11.7 Å². The van der Waals surface area contributed by atoms with Crippen molar-refractivity contribution in [3.05, 3.63) is 12.5 Å². The van der Waals surface area contributed by atoms with Gasteiger partial charge in [0.15, 0.2) is 5.65 Å². The zero-order valence-corrected chi connectivity index (χ0v) is 9.40. The molecule has 0 radical (unpaired) electrons. The number of rotatable bonds is 1. The zero-order valence-electron chi connectivity index (χ0n) is 8.58. The van der Waals surface area contributed by atoms with Crippen LogP contribution >= 0.6 is 0 Å². The van der Waals surface area contributed by atoms with Gasteiger partial charge in [0.05, 0.1) is 18.3 Å². The van der Waals surface area contributed by atoms with Crippen LogP contribution in [0.15, 0.2) is 12.5 Å². The average Bonchev–Trinajstić information content (AvgIpc) is 2.64. The molecule has 0 spiro atoms. The number of nitrogens with one attached hydrogen (secondary N) is 1. The molecule has 0 fully saturated rings. The number of fused-ring (bicyclic) bond motifs is 1. The van der Waals surface area contributed by atoms with Crippen LogP contribution in [-0.2, 0) is 10.0 Å². The molecule has 0 aromatic carbocycles. The minimum atomic E-state index is -3.16. The molecule has 16 heavy (non-hydrogen) atoms. The second-order valence-corrected chi connectivity index (χ2v) is 4.72. The number of nitrogens with two attached hydrogens (primary N) is 2. The van der Waals surface area contributed by atoms with Gasteiger partial charge in [-0.2, -0.15) is 4.98 Å². The average molecular weight is 244 g/mol. The summed E-state index contributed by atoms with van der Waals surface area (Å²) in [6, 6.07) is 0. The summed E-state index contributed by atoms with van der Waals surface area (Å²) in [6.07, 6.45) is 3.16. The summed E-state index contributed by atoms with van der Waals surface area (Å²) in [6.45, 7) is 1.50. The van der Waals surface area contributed by atoms with E-state index in [1.807, 2.05) is 0 Å². The van der Waals surface area contributed by atoms with Gasteiger partial charge in [-0.05, 0) is 6.92 Å². The second-order valence-electron chi connectivity index (χ2n) is 2.82. The first-order chi connectivity index (χ1) is 7.42. The predicted octanol–water partition coefficient (Wildman–Crippen LogP) is -0.770. The number of hydrogen-bond donors (Lipinski definition) is 3. The number of primary sulfonamides is 1. The van der Waals surface area contributed by atoms with E-state index in [9.17, 15) is 8.42 Å². The Morgan fingerprint density at radius 2 is 2.06 bits per heavy atom. The molecule has 0 amide bonds. The largest absolute Gasteiger partial charge is 0.368 e. The van der Waals surface area contributed by atoms with E-state index in [0.29, 0.717) is 5.65 Å². The number of hydrogen-bond acceptors (Lipinski definition) is 6. The molecule has 2 aromatic rings. The molecule has 0 aliphatic heterocycles. The Kier molecular flexibility index (Phi) is 3.74. The Morgan fingerprint density at radius 3 is 2.62 bits per heavy atom. The van der Waals surface area contributed by atoms with Crippen LogP contribution in [0.25, 0.3) is 11.2 Å². The maximum atomic E-state index is 9.78. The van der Waals surface area contributed by atoms with Gasteiger partial charge in [0.1, 0.15) is 5.52 Å². The van der Waals surface area contributed by atoms with E-state index in [0.717, 1.165) is 5.52 Å². The SMILES string of the molecule is CCS(N)(=O)=O.Nc1ncc2[nH]cnc2n1. The lowest BCUT2D eigenvalue weighted by atomic mass is 10.6. The van der Waals surface area contributed by atoms with E-state index in [1.54, 1.807) is 12.5 Å². The van der Waals surface area contributed by atoms with Gasteiger partial charge in [-0.3, -0.25) is 0 Å². The van der Waals surface area contributed by atoms with Gasteiger partial charge in [0.2, 0.25) is 16.0 Å².